The fraction of sp³-hybridized carbons (Fsp3) is 1.00. The average molecular weight is 131 g/mol. The Kier molecular flexibility index (Phi) is 1.83. The van der Waals surface area contributed by atoms with Crippen LogP contribution in [0.25, 0.3) is 0 Å². The minimum atomic E-state index is 0. The molecular formula is C6H13NS. The summed E-state index contributed by atoms with van der Waals surface area (Å²) in [6, 6.07) is 0.884. The summed E-state index contributed by atoms with van der Waals surface area (Å²) in [4.78, 5) is 0. The third-order valence-electron chi connectivity index (χ3n) is 1.71. The van der Waals surface area contributed by atoms with Crippen LogP contribution in [0.1, 0.15) is 13.8 Å². The van der Waals surface area contributed by atoms with Gasteiger partial charge in [-0.05, 0) is 6.42 Å². The molecule has 2 rings (SSSR count). The maximum atomic E-state index is 3.44. The molecule has 0 unspecified atom stereocenters. The molecule has 2 fully saturated rings. The van der Waals surface area contributed by atoms with E-state index in [1.807, 2.05) is 0 Å². The predicted octanol–water partition coefficient (Wildman–Crippen LogP) is 1.10. The summed E-state index contributed by atoms with van der Waals surface area (Å²) in [5.74, 6) is 1.37. The number of rotatable bonds is 0. The van der Waals surface area contributed by atoms with Gasteiger partial charge in [0.2, 0.25) is 0 Å². The highest BCUT2D eigenvalue weighted by Crippen LogP contribution is 2.30. The number of hydrogen-bond acceptors (Lipinski definition) is 2. The van der Waals surface area contributed by atoms with Gasteiger partial charge in [-0.3, -0.25) is 0 Å². The van der Waals surface area contributed by atoms with Gasteiger partial charge in [0, 0.05) is 23.6 Å². The highest BCUT2D eigenvalue weighted by Gasteiger charge is 2.30. The van der Waals surface area contributed by atoms with Gasteiger partial charge in [0.05, 0.1) is 0 Å². The number of fused-ring (bicyclic) bond motifs is 2. The van der Waals surface area contributed by atoms with Crippen molar-refractivity contribution < 1.29 is 0 Å². The maximum absolute atomic E-state index is 3.44. The summed E-state index contributed by atoms with van der Waals surface area (Å²) < 4.78 is 0. The first kappa shape index (κ1) is 6.43. The van der Waals surface area contributed by atoms with Crippen molar-refractivity contribution >= 4 is 11.8 Å². The Bertz CT molecular complexity index is 66.6. The lowest BCUT2D eigenvalue weighted by Gasteiger charge is -2.08. The van der Waals surface area contributed by atoms with Crippen molar-refractivity contribution in [3.05, 3.63) is 0 Å². The third kappa shape index (κ3) is 0.869. The standard InChI is InChI=1S/C5H9NS.CH4/c1-4-3-7-5(1)2-6-4;/h4-6H,1-3H2;1H4/t4-,5-;/m1./s1. The second-order valence-corrected chi connectivity index (χ2v) is 3.63. The predicted molar refractivity (Wildman–Crippen MR) is 39.4 cm³/mol. The van der Waals surface area contributed by atoms with E-state index in [2.05, 4.69) is 17.1 Å². The first-order chi connectivity index (χ1) is 3.45. The quantitative estimate of drug-likeness (QED) is 0.528. The molecule has 0 aromatic carbocycles. The zero-order valence-electron chi connectivity index (χ0n) is 4.18. The number of hydrogen-bond donors (Lipinski definition) is 1. The van der Waals surface area contributed by atoms with Crippen molar-refractivity contribution in [1.82, 2.24) is 5.32 Å². The van der Waals surface area contributed by atoms with Crippen molar-refractivity contribution in [3.63, 3.8) is 0 Å². The summed E-state index contributed by atoms with van der Waals surface area (Å²) in [6.45, 7) is 1.27. The van der Waals surface area contributed by atoms with Gasteiger partial charge in [-0.1, -0.05) is 7.43 Å². The Morgan fingerprint density at radius 1 is 1.50 bits per heavy atom. The molecule has 1 nitrogen and oxygen atoms in total. The highest BCUT2D eigenvalue weighted by atomic mass is 32.2. The molecule has 0 aromatic rings. The van der Waals surface area contributed by atoms with Crippen LogP contribution < -0.4 is 5.32 Å². The summed E-state index contributed by atoms with van der Waals surface area (Å²) in [5, 5.41) is 4.41. The van der Waals surface area contributed by atoms with Gasteiger partial charge in [0.1, 0.15) is 0 Å². The van der Waals surface area contributed by atoms with E-state index in [1.165, 1.54) is 18.7 Å². The van der Waals surface area contributed by atoms with Gasteiger partial charge in [0.15, 0.2) is 0 Å². The molecule has 48 valence electrons. The lowest BCUT2D eigenvalue weighted by Crippen LogP contribution is -2.26. The van der Waals surface area contributed by atoms with Gasteiger partial charge in [0.25, 0.3) is 0 Å². The second kappa shape index (κ2) is 2.28. The maximum Gasteiger partial charge on any atom is 0.0188 e. The number of nitrogens with one attached hydrogen (secondary N) is 1. The molecule has 2 aliphatic heterocycles. The Hall–Kier alpha value is 0.310. The van der Waals surface area contributed by atoms with E-state index in [4.69, 9.17) is 0 Å². The molecule has 2 atom stereocenters. The van der Waals surface area contributed by atoms with Gasteiger partial charge in [-0.15, -0.1) is 0 Å². The normalized spacial score (nSPS) is 42.0. The van der Waals surface area contributed by atoms with Crippen molar-refractivity contribution in [2.45, 2.75) is 25.1 Å². The van der Waals surface area contributed by atoms with Crippen LogP contribution in [0.4, 0.5) is 0 Å². The zero-order chi connectivity index (χ0) is 4.69. The minimum absolute atomic E-state index is 0. The lowest BCUT2D eigenvalue weighted by atomic mass is 10.3. The summed E-state index contributed by atoms with van der Waals surface area (Å²) in [5.41, 5.74) is 0. The van der Waals surface area contributed by atoms with Crippen molar-refractivity contribution in [3.8, 4) is 0 Å². The molecule has 2 saturated heterocycles. The molecule has 0 spiro atoms. The monoisotopic (exact) mass is 131 g/mol. The zero-order valence-corrected chi connectivity index (χ0v) is 5.00. The van der Waals surface area contributed by atoms with Crippen LogP contribution >= 0.6 is 11.8 Å². The fourth-order valence-corrected chi connectivity index (χ4v) is 2.63. The average Bonchev–Trinajstić information content (AvgIpc) is 2.22. The van der Waals surface area contributed by atoms with E-state index >= 15 is 0 Å². The van der Waals surface area contributed by atoms with Gasteiger partial charge >= 0.3 is 0 Å². The highest BCUT2D eigenvalue weighted by molar-refractivity contribution is 8.00. The molecular weight excluding hydrogens is 118 g/mol. The second-order valence-electron chi connectivity index (χ2n) is 2.30. The molecule has 1 N–H and O–H groups in total. The van der Waals surface area contributed by atoms with E-state index in [1.54, 1.807) is 0 Å². The van der Waals surface area contributed by atoms with Gasteiger partial charge < -0.3 is 5.32 Å². The van der Waals surface area contributed by atoms with E-state index < -0.39 is 0 Å². The van der Waals surface area contributed by atoms with Crippen molar-refractivity contribution in [2.24, 2.45) is 0 Å². The fourth-order valence-electron chi connectivity index (χ4n) is 1.29. The van der Waals surface area contributed by atoms with Crippen molar-refractivity contribution in [1.29, 1.82) is 0 Å². The van der Waals surface area contributed by atoms with Crippen LogP contribution in [0.15, 0.2) is 0 Å². The van der Waals surface area contributed by atoms with Crippen molar-refractivity contribution in [2.75, 3.05) is 12.3 Å². The first-order valence-corrected chi connectivity index (χ1v) is 3.85. The molecule has 0 amide bonds. The molecule has 0 saturated carbocycles. The topological polar surface area (TPSA) is 12.0 Å². The first-order valence-electron chi connectivity index (χ1n) is 2.80. The third-order valence-corrected chi connectivity index (χ3v) is 3.14. The summed E-state index contributed by atoms with van der Waals surface area (Å²) >= 11 is 2.13. The van der Waals surface area contributed by atoms with Crippen LogP contribution in [-0.2, 0) is 0 Å². The molecule has 2 aliphatic rings. The van der Waals surface area contributed by atoms with E-state index in [0.29, 0.717) is 0 Å². The van der Waals surface area contributed by atoms with E-state index in [9.17, 15) is 0 Å². The van der Waals surface area contributed by atoms with Crippen LogP contribution in [-0.4, -0.2) is 23.6 Å². The molecule has 2 bridgehead atoms. The summed E-state index contributed by atoms with van der Waals surface area (Å²) in [7, 11) is 0. The molecule has 0 radical (unpaired) electrons. The molecule has 2 heteroatoms. The largest absolute Gasteiger partial charge is 0.312 e. The van der Waals surface area contributed by atoms with Gasteiger partial charge in [-0.2, -0.15) is 11.8 Å². The van der Waals surface area contributed by atoms with Crippen LogP contribution in [0, 0.1) is 0 Å². The van der Waals surface area contributed by atoms with Gasteiger partial charge in [-0.25, -0.2) is 0 Å². The molecule has 0 aromatic heterocycles. The smallest absolute Gasteiger partial charge is 0.0188 e. The van der Waals surface area contributed by atoms with E-state index in [0.717, 1.165) is 11.3 Å². The van der Waals surface area contributed by atoms with Crippen LogP contribution in [0.2, 0.25) is 0 Å². The minimum Gasteiger partial charge on any atom is -0.312 e. The Morgan fingerprint density at radius 3 is 2.50 bits per heavy atom. The molecule has 8 heavy (non-hydrogen) atoms. The molecule has 0 aliphatic carbocycles. The summed E-state index contributed by atoms with van der Waals surface area (Å²) in [6.07, 6.45) is 1.44. The van der Waals surface area contributed by atoms with Crippen LogP contribution in [0.3, 0.4) is 0 Å². The lowest BCUT2D eigenvalue weighted by molar-refractivity contribution is 0.679. The molecule has 2 heterocycles. The van der Waals surface area contributed by atoms with E-state index in [-0.39, 0.29) is 7.43 Å². The SMILES string of the molecule is C.C1S[C@H]2CN[C@@H]1C2. The number of thioether (sulfide) groups is 1. The van der Waals surface area contributed by atoms with Crippen LogP contribution in [0.5, 0.6) is 0 Å². The Balaban J connectivity index is 0.000000320. The Morgan fingerprint density at radius 2 is 2.38 bits per heavy atom. The Labute approximate surface area is 55.2 Å².